The number of nitrogens with two attached hydrogens (primary N) is 1. The molecule has 0 amide bonds. The Bertz CT molecular complexity index is 40.7. The van der Waals surface area contributed by atoms with E-state index in [0.717, 1.165) is 5.23 Å². The van der Waals surface area contributed by atoms with Crippen molar-refractivity contribution in [3.63, 3.8) is 0 Å². The second kappa shape index (κ2) is 3.97. The van der Waals surface area contributed by atoms with Crippen LogP contribution in [0.25, 0.3) is 0 Å². The molecule has 0 radical (unpaired) electrons. The molecule has 0 aliphatic carbocycles. The zero-order valence-electron chi connectivity index (χ0n) is 4.43. The maximum absolute atomic E-state index is 5.07. The largest absolute Gasteiger partial charge is 0.288 e. The van der Waals surface area contributed by atoms with Crippen LogP contribution in [0.2, 0.25) is 0 Å². The van der Waals surface area contributed by atoms with E-state index < -0.39 is 0 Å². The number of nitrogens with one attached hydrogen (secondary N) is 2. The van der Waals surface area contributed by atoms with Crippen molar-refractivity contribution < 1.29 is 4.84 Å². The predicted octanol–water partition coefficient (Wildman–Crippen LogP) is -1.64. The minimum absolute atomic E-state index is 1.08. The summed E-state index contributed by atoms with van der Waals surface area (Å²) in [7, 11) is 3.13. The lowest BCUT2D eigenvalue weighted by atomic mass is 11.5. The van der Waals surface area contributed by atoms with Gasteiger partial charge in [-0.1, -0.05) is 5.23 Å². The monoisotopic (exact) mass is 106 g/mol. The molecular formula is C2H10N4O. The van der Waals surface area contributed by atoms with Crippen molar-refractivity contribution >= 4 is 0 Å². The minimum Gasteiger partial charge on any atom is -0.288 e. The Kier molecular flexibility index (Phi) is 3.86. The van der Waals surface area contributed by atoms with Crippen LogP contribution in [0.15, 0.2) is 0 Å². The molecule has 0 saturated carbocycles. The van der Waals surface area contributed by atoms with Gasteiger partial charge in [0, 0.05) is 7.05 Å². The van der Waals surface area contributed by atoms with Gasteiger partial charge in [0.2, 0.25) is 0 Å². The van der Waals surface area contributed by atoms with Gasteiger partial charge in [0.1, 0.15) is 0 Å². The van der Waals surface area contributed by atoms with Crippen LogP contribution in [0.1, 0.15) is 0 Å². The smallest absolute Gasteiger partial charge is 0.0589 e. The average molecular weight is 106 g/mol. The number of nitrogens with zero attached hydrogens (tertiary/aromatic N) is 1. The number of hydrogen-bond donors (Lipinski definition) is 3. The number of hydrogen-bond acceptors (Lipinski definition) is 5. The van der Waals surface area contributed by atoms with Gasteiger partial charge >= 0.3 is 0 Å². The summed E-state index contributed by atoms with van der Waals surface area (Å²) in [6, 6.07) is 0. The van der Waals surface area contributed by atoms with Gasteiger partial charge in [0.15, 0.2) is 0 Å². The van der Waals surface area contributed by atoms with Crippen LogP contribution >= 0.6 is 0 Å². The van der Waals surface area contributed by atoms with Gasteiger partial charge < -0.3 is 0 Å². The maximum atomic E-state index is 5.07. The van der Waals surface area contributed by atoms with Crippen molar-refractivity contribution in [3.05, 3.63) is 0 Å². The predicted molar refractivity (Wildman–Crippen MR) is 25.2 cm³/mol. The van der Waals surface area contributed by atoms with Crippen LogP contribution in [-0.4, -0.2) is 19.4 Å². The summed E-state index contributed by atoms with van der Waals surface area (Å²) in [4.78, 5) is 4.38. The topological polar surface area (TPSA) is 62.5 Å². The standard InChI is InChI=1S/C2H10N4O/c1-4-6(3)5-7-2/h4-5H,3H2,1-2H3. The van der Waals surface area contributed by atoms with Crippen molar-refractivity contribution in [2.24, 2.45) is 5.84 Å². The molecule has 0 heterocycles. The molecule has 4 N–H and O–H groups in total. The summed E-state index contributed by atoms with van der Waals surface area (Å²) in [5.74, 6) is 5.07. The molecule has 0 atom stereocenters. The van der Waals surface area contributed by atoms with Crippen LogP contribution in [0, 0.1) is 0 Å². The van der Waals surface area contributed by atoms with Gasteiger partial charge in [-0.2, -0.15) is 0 Å². The Labute approximate surface area is 42.3 Å². The summed E-state index contributed by atoms with van der Waals surface area (Å²) in [6.45, 7) is 0. The Morgan fingerprint density at radius 1 is 1.71 bits per heavy atom. The van der Waals surface area contributed by atoms with Gasteiger partial charge in [-0.15, -0.1) is 5.59 Å². The van der Waals surface area contributed by atoms with Crippen LogP contribution < -0.4 is 16.9 Å². The van der Waals surface area contributed by atoms with Gasteiger partial charge in [0.05, 0.1) is 7.11 Å². The lowest BCUT2D eigenvalue weighted by molar-refractivity contribution is -0.0824. The van der Waals surface area contributed by atoms with E-state index in [1.54, 1.807) is 7.05 Å². The van der Waals surface area contributed by atoms with Crippen LogP contribution in [0.5, 0.6) is 0 Å². The summed E-state index contributed by atoms with van der Waals surface area (Å²) in [6.07, 6.45) is 0. The molecule has 0 bridgehead atoms. The third-order valence-electron chi connectivity index (χ3n) is 0.431. The van der Waals surface area contributed by atoms with E-state index >= 15 is 0 Å². The second-order valence-electron chi connectivity index (χ2n) is 0.889. The summed E-state index contributed by atoms with van der Waals surface area (Å²) < 4.78 is 0. The van der Waals surface area contributed by atoms with Gasteiger partial charge in [-0.05, 0) is 0 Å². The van der Waals surface area contributed by atoms with E-state index in [9.17, 15) is 0 Å². The zero-order valence-corrected chi connectivity index (χ0v) is 4.43. The molecule has 0 fully saturated rings. The summed E-state index contributed by atoms with van der Waals surface area (Å²) in [5, 5.41) is 1.08. The zero-order chi connectivity index (χ0) is 5.70. The number of hydrazine groups is 3. The summed E-state index contributed by atoms with van der Waals surface area (Å²) >= 11 is 0. The summed E-state index contributed by atoms with van der Waals surface area (Å²) in [5.41, 5.74) is 4.84. The molecule has 44 valence electrons. The molecule has 0 aromatic heterocycles. The van der Waals surface area contributed by atoms with E-state index in [1.807, 2.05) is 0 Å². The molecule has 0 aliphatic heterocycles. The Morgan fingerprint density at radius 3 is 2.43 bits per heavy atom. The van der Waals surface area contributed by atoms with Crippen molar-refractivity contribution in [1.29, 1.82) is 0 Å². The maximum Gasteiger partial charge on any atom is 0.0589 e. The SMILES string of the molecule is CNN(N)NOC. The molecule has 0 unspecified atom stereocenters. The normalized spacial score (nSPS) is 10.3. The quantitative estimate of drug-likeness (QED) is 0.297. The van der Waals surface area contributed by atoms with Crippen LogP contribution in [0.3, 0.4) is 0 Å². The second-order valence-corrected chi connectivity index (χ2v) is 0.889. The fourth-order valence-corrected chi connectivity index (χ4v) is 0.144. The molecule has 5 nitrogen and oxygen atoms in total. The molecule has 0 aromatic rings. The van der Waals surface area contributed by atoms with Gasteiger partial charge in [-0.25, -0.2) is 11.3 Å². The molecule has 5 heteroatoms. The first-order valence-corrected chi connectivity index (χ1v) is 1.82. The highest BCUT2D eigenvalue weighted by Gasteiger charge is 1.83. The van der Waals surface area contributed by atoms with Crippen molar-refractivity contribution in [2.45, 2.75) is 0 Å². The highest BCUT2D eigenvalue weighted by atomic mass is 16.7. The number of rotatable bonds is 3. The Balaban J connectivity index is 2.83. The minimum atomic E-state index is 1.08. The lowest BCUT2D eigenvalue weighted by Gasteiger charge is -2.11. The van der Waals surface area contributed by atoms with E-state index in [4.69, 9.17) is 5.84 Å². The molecule has 0 saturated heterocycles. The third kappa shape index (κ3) is 3.64. The molecule has 0 aromatic carbocycles. The van der Waals surface area contributed by atoms with Crippen molar-refractivity contribution in [1.82, 2.24) is 16.2 Å². The molecule has 0 rings (SSSR count). The third-order valence-corrected chi connectivity index (χ3v) is 0.431. The van der Waals surface area contributed by atoms with Crippen LogP contribution in [-0.2, 0) is 4.84 Å². The fraction of sp³-hybridized carbons (Fsp3) is 1.00. The molecule has 7 heavy (non-hydrogen) atoms. The van der Waals surface area contributed by atoms with E-state index in [1.165, 1.54) is 7.11 Å². The van der Waals surface area contributed by atoms with Gasteiger partial charge in [0.25, 0.3) is 0 Å². The first-order valence-electron chi connectivity index (χ1n) is 1.82. The molecule has 0 spiro atoms. The average Bonchev–Trinajstić information content (AvgIpc) is 1.68. The van der Waals surface area contributed by atoms with Crippen molar-refractivity contribution in [2.75, 3.05) is 14.2 Å². The Morgan fingerprint density at radius 2 is 2.29 bits per heavy atom. The first kappa shape index (κ1) is 6.80. The van der Waals surface area contributed by atoms with E-state index in [0.29, 0.717) is 0 Å². The molecular weight excluding hydrogens is 96.0 g/mol. The lowest BCUT2D eigenvalue weighted by Crippen LogP contribution is -2.50. The highest BCUT2D eigenvalue weighted by molar-refractivity contribution is 4.04. The highest BCUT2D eigenvalue weighted by Crippen LogP contribution is 1.51. The van der Waals surface area contributed by atoms with Gasteiger partial charge in [-0.3, -0.25) is 4.84 Å². The first-order chi connectivity index (χ1) is 3.31. The fourth-order valence-electron chi connectivity index (χ4n) is 0.144. The van der Waals surface area contributed by atoms with Crippen molar-refractivity contribution in [3.8, 4) is 0 Å². The van der Waals surface area contributed by atoms with E-state index in [2.05, 4.69) is 15.9 Å². The Hall–Kier alpha value is -0.200. The molecule has 0 aliphatic rings. The van der Waals surface area contributed by atoms with E-state index in [-0.39, 0.29) is 0 Å². The van der Waals surface area contributed by atoms with Crippen LogP contribution in [0.4, 0.5) is 0 Å².